The van der Waals surface area contributed by atoms with Gasteiger partial charge >= 0.3 is 0 Å². The second kappa shape index (κ2) is 3.32. The number of rotatable bonds is 0. The Labute approximate surface area is 50.3 Å². The molecule has 0 N–H and O–H groups in total. The van der Waals surface area contributed by atoms with Crippen LogP contribution in [0.4, 0.5) is 0 Å². The number of nitrogens with zero attached hydrogens (tertiary/aromatic N) is 1. The van der Waals surface area contributed by atoms with Crippen LogP contribution in [-0.4, -0.2) is 4.98 Å². The smallest absolute Gasteiger partial charge is 0.0791 e. The van der Waals surface area contributed by atoms with Crippen molar-refractivity contribution in [1.29, 1.82) is 0 Å². The first-order valence-electron chi connectivity index (χ1n) is 1.32. The van der Waals surface area contributed by atoms with Crippen molar-refractivity contribution in [3.8, 4) is 0 Å². The topological polar surface area (TPSA) is 12.9 Å². The molecule has 6 heavy (non-hydrogen) atoms. The molecule has 0 aliphatic rings. The Bertz CT molecular complexity index is 67.3. The summed E-state index contributed by atoms with van der Waals surface area (Å²) < 4.78 is 0. The fourth-order valence-electron chi connectivity index (χ4n) is 0.176. The summed E-state index contributed by atoms with van der Waals surface area (Å²) in [6.45, 7) is 0. The van der Waals surface area contributed by atoms with Gasteiger partial charge in [0.1, 0.15) is 0 Å². The van der Waals surface area contributed by atoms with Crippen LogP contribution in [0.3, 0.4) is 0 Å². The van der Waals surface area contributed by atoms with Crippen LogP contribution in [0.2, 0.25) is 0 Å². The van der Waals surface area contributed by atoms with E-state index in [0.717, 1.165) is 0 Å². The average molecular weight is 144 g/mol. The molecule has 1 heterocycles. The molecule has 0 aliphatic heterocycles. The van der Waals surface area contributed by atoms with Crippen molar-refractivity contribution in [3.63, 3.8) is 0 Å². The van der Waals surface area contributed by atoms with Gasteiger partial charge in [0.05, 0.1) is 5.51 Å². The van der Waals surface area contributed by atoms with Crippen LogP contribution in [0, 0.1) is 0 Å². The zero-order chi connectivity index (χ0) is 3.54. The molecule has 0 saturated carbocycles. The molecule has 3 heteroatoms. The van der Waals surface area contributed by atoms with Crippen LogP contribution < -0.4 is 0 Å². The summed E-state index contributed by atoms with van der Waals surface area (Å²) in [6, 6.07) is 0. The van der Waals surface area contributed by atoms with E-state index < -0.39 is 0 Å². The van der Waals surface area contributed by atoms with E-state index in [0.29, 0.717) is 0 Å². The average Bonchev–Trinajstić information content (AvgIpc) is 1.76. The molecule has 0 amide bonds. The first-order chi connectivity index (χ1) is 2.50. The first kappa shape index (κ1) is 6.12. The van der Waals surface area contributed by atoms with E-state index in [4.69, 9.17) is 0 Å². The molecule has 1 aromatic heterocycles. The predicted octanol–water partition coefficient (Wildman–Crippen LogP) is 1.14. The zero-order valence-electron chi connectivity index (χ0n) is 2.90. The van der Waals surface area contributed by atoms with E-state index in [9.17, 15) is 0 Å². The summed E-state index contributed by atoms with van der Waals surface area (Å²) in [7, 11) is 0. The summed E-state index contributed by atoms with van der Waals surface area (Å²) in [6.07, 6.45) is 1.77. The molecular formula is C3H3NNiS. The number of aromatic nitrogens is 1. The second-order valence-electron chi connectivity index (χ2n) is 0.676. The van der Waals surface area contributed by atoms with Crippen molar-refractivity contribution < 1.29 is 16.5 Å². The van der Waals surface area contributed by atoms with Gasteiger partial charge in [0.25, 0.3) is 0 Å². The third-order valence-electron chi connectivity index (χ3n) is 0.347. The van der Waals surface area contributed by atoms with Gasteiger partial charge in [0.15, 0.2) is 0 Å². The Morgan fingerprint density at radius 3 is 2.50 bits per heavy atom. The Kier molecular flexibility index (Phi) is 3.39. The van der Waals surface area contributed by atoms with Crippen LogP contribution in [0.5, 0.6) is 0 Å². The van der Waals surface area contributed by atoms with Gasteiger partial charge in [-0.15, -0.1) is 11.3 Å². The van der Waals surface area contributed by atoms with Crippen LogP contribution in [0.25, 0.3) is 0 Å². The van der Waals surface area contributed by atoms with Crippen LogP contribution in [0.15, 0.2) is 17.1 Å². The fraction of sp³-hybridized carbons (Fsp3) is 0. The molecular weight excluding hydrogens is 141 g/mol. The molecule has 0 fully saturated rings. The minimum atomic E-state index is 0. The summed E-state index contributed by atoms with van der Waals surface area (Å²) in [5.74, 6) is 0. The van der Waals surface area contributed by atoms with Gasteiger partial charge < -0.3 is 0 Å². The number of thiazole rings is 1. The Morgan fingerprint density at radius 2 is 2.33 bits per heavy atom. The Hall–Kier alpha value is 0.124. The standard InChI is InChI=1S/C3H3NS.Ni/c1-2-5-3-4-1;/h1-3H;. The van der Waals surface area contributed by atoms with E-state index in [1.54, 1.807) is 23.0 Å². The molecule has 1 rings (SSSR count). The van der Waals surface area contributed by atoms with Crippen molar-refractivity contribution >= 4 is 11.3 Å². The van der Waals surface area contributed by atoms with Gasteiger partial charge in [-0.3, -0.25) is 4.98 Å². The molecule has 0 unspecified atom stereocenters. The molecule has 1 aromatic rings. The predicted molar refractivity (Wildman–Crippen MR) is 22.1 cm³/mol. The van der Waals surface area contributed by atoms with Crippen molar-refractivity contribution in [1.82, 2.24) is 4.98 Å². The molecule has 0 aromatic carbocycles. The molecule has 36 valence electrons. The van der Waals surface area contributed by atoms with E-state index in [1.165, 1.54) is 0 Å². The minimum absolute atomic E-state index is 0. The normalized spacial score (nSPS) is 6.67. The van der Waals surface area contributed by atoms with Crippen molar-refractivity contribution in [2.24, 2.45) is 0 Å². The maximum Gasteiger partial charge on any atom is 0.0791 e. The van der Waals surface area contributed by atoms with Gasteiger partial charge in [-0.25, -0.2) is 0 Å². The Balaban J connectivity index is 0.000000250. The van der Waals surface area contributed by atoms with Crippen molar-refractivity contribution in [3.05, 3.63) is 17.1 Å². The second-order valence-corrected chi connectivity index (χ2v) is 1.43. The largest absolute Gasteiger partial charge is 0.253 e. The molecule has 1 nitrogen and oxygen atoms in total. The van der Waals surface area contributed by atoms with E-state index in [-0.39, 0.29) is 16.5 Å². The summed E-state index contributed by atoms with van der Waals surface area (Å²) in [5.41, 5.74) is 1.79. The zero-order valence-corrected chi connectivity index (χ0v) is 4.71. The summed E-state index contributed by atoms with van der Waals surface area (Å²) in [4.78, 5) is 3.74. The van der Waals surface area contributed by atoms with E-state index in [1.807, 2.05) is 5.38 Å². The monoisotopic (exact) mass is 143 g/mol. The van der Waals surface area contributed by atoms with Gasteiger partial charge in [0, 0.05) is 28.1 Å². The third kappa shape index (κ3) is 1.53. The van der Waals surface area contributed by atoms with E-state index in [2.05, 4.69) is 4.98 Å². The van der Waals surface area contributed by atoms with E-state index >= 15 is 0 Å². The quantitative estimate of drug-likeness (QED) is 0.497. The number of hydrogen-bond donors (Lipinski definition) is 0. The van der Waals surface area contributed by atoms with Crippen LogP contribution in [0.1, 0.15) is 0 Å². The molecule has 0 saturated heterocycles. The minimum Gasteiger partial charge on any atom is -0.253 e. The summed E-state index contributed by atoms with van der Waals surface area (Å²) in [5, 5.41) is 1.93. The molecule has 0 atom stereocenters. The fourth-order valence-corrected chi connectivity index (χ4v) is 0.527. The van der Waals surface area contributed by atoms with Crippen LogP contribution in [-0.2, 0) is 16.5 Å². The third-order valence-corrected chi connectivity index (χ3v) is 0.869. The number of hydrogen-bond acceptors (Lipinski definition) is 2. The summed E-state index contributed by atoms with van der Waals surface area (Å²) >= 11 is 1.60. The van der Waals surface area contributed by atoms with Gasteiger partial charge in [-0.2, -0.15) is 0 Å². The van der Waals surface area contributed by atoms with Crippen molar-refractivity contribution in [2.45, 2.75) is 0 Å². The first-order valence-corrected chi connectivity index (χ1v) is 2.26. The molecule has 0 spiro atoms. The van der Waals surface area contributed by atoms with Gasteiger partial charge in [-0.1, -0.05) is 0 Å². The Morgan fingerprint density at radius 1 is 1.50 bits per heavy atom. The van der Waals surface area contributed by atoms with Crippen LogP contribution >= 0.6 is 11.3 Å². The molecule has 0 radical (unpaired) electrons. The SMILES string of the molecule is [Ni].c1cscn1. The maximum atomic E-state index is 3.74. The van der Waals surface area contributed by atoms with Crippen molar-refractivity contribution in [2.75, 3.05) is 0 Å². The van der Waals surface area contributed by atoms with Gasteiger partial charge in [-0.05, 0) is 0 Å². The molecule has 0 bridgehead atoms. The molecule has 0 aliphatic carbocycles. The van der Waals surface area contributed by atoms with Gasteiger partial charge in [0.2, 0.25) is 0 Å². The maximum absolute atomic E-state index is 3.74.